The Morgan fingerprint density at radius 3 is 2.62 bits per heavy atom. The summed E-state index contributed by atoms with van der Waals surface area (Å²) in [7, 11) is 1.66. The molecule has 2 atom stereocenters. The molecule has 4 rings (SSSR count). The first-order valence-electron chi connectivity index (χ1n) is 8.48. The summed E-state index contributed by atoms with van der Waals surface area (Å²) in [6.07, 6.45) is -0.547. The van der Waals surface area contributed by atoms with E-state index in [2.05, 4.69) is 11.6 Å². The van der Waals surface area contributed by atoms with Gasteiger partial charge in [-0.15, -0.1) is 0 Å². The maximum atomic E-state index is 13.2. The summed E-state index contributed by atoms with van der Waals surface area (Å²) in [6, 6.07) is 5.28. The molecule has 1 aromatic carbocycles. The van der Waals surface area contributed by atoms with Crippen molar-refractivity contribution in [1.29, 1.82) is 0 Å². The SMILES string of the molecule is C=C(C)CN1C(=O)C2C(N=C3N(c4ccc(F)cc4)CCN32)N(C)C1=O. The molecule has 0 N–H and O–H groups in total. The molecular formula is C18H20FN5O2. The van der Waals surface area contributed by atoms with Gasteiger partial charge in [-0.2, -0.15) is 0 Å². The molecule has 8 heteroatoms. The monoisotopic (exact) mass is 357 g/mol. The van der Waals surface area contributed by atoms with Crippen LogP contribution in [-0.2, 0) is 4.79 Å². The van der Waals surface area contributed by atoms with Crippen molar-refractivity contribution < 1.29 is 14.0 Å². The number of fused-ring (bicyclic) bond motifs is 3. The van der Waals surface area contributed by atoms with Gasteiger partial charge in [0.1, 0.15) is 5.82 Å². The molecule has 0 radical (unpaired) electrons. The Bertz CT molecular complexity index is 821. The van der Waals surface area contributed by atoms with E-state index in [9.17, 15) is 14.0 Å². The number of imide groups is 1. The maximum absolute atomic E-state index is 13.2. The molecule has 7 nitrogen and oxygen atoms in total. The molecule has 3 aliphatic heterocycles. The largest absolute Gasteiger partial charge is 0.328 e. The van der Waals surface area contributed by atoms with Gasteiger partial charge in [-0.25, -0.2) is 14.2 Å². The minimum atomic E-state index is -0.547. The molecule has 0 aromatic heterocycles. The Morgan fingerprint density at radius 1 is 1.27 bits per heavy atom. The van der Waals surface area contributed by atoms with Crippen molar-refractivity contribution in [2.45, 2.75) is 19.1 Å². The lowest BCUT2D eigenvalue weighted by Crippen LogP contribution is -2.65. The predicted molar refractivity (Wildman–Crippen MR) is 95.1 cm³/mol. The predicted octanol–water partition coefficient (Wildman–Crippen LogP) is 1.48. The number of benzene rings is 1. The molecule has 0 bridgehead atoms. The van der Waals surface area contributed by atoms with E-state index in [1.165, 1.54) is 21.9 Å². The Labute approximate surface area is 151 Å². The van der Waals surface area contributed by atoms with Crippen LogP contribution in [0.5, 0.6) is 0 Å². The van der Waals surface area contributed by atoms with Crippen LogP contribution in [0.4, 0.5) is 14.9 Å². The number of aliphatic imine (C=N–C) groups is 1. The zero-order valence-electron chi connectivity index (χ0n) is 14.7. The highest BCUT2D eigenvalue weighted by molar-refractivity contribution is 6.08. The minimum Gasteiger partial charge on any atom is -0.325 e. The molecule has 3 amide bonds. The third-order valence-corrected chi connectivity index (χ3v) is 4.94. The first-order valence-corrected chi connectivity index (χ1v) is 8.48. The quantitative estimate of drug-likeness (QED) is 0.769. The van der Waals surface area contributed by atoms with Gasteiger partial charge in [0.2, 0.25) is 5.96 Å². The molecule has 3 heterocycles. The zero-order chi connectivity index (χ0) is 18.6. The van der Waals surface area contributed by atoms with Crippen LogP contribution in [-0.4, -0.2) is 71.5 Å². The number of carbonyl (C=O) groups excluding carboxylic acids is 2. The number of anilines is 1. The highest BCUT2D eigenvalue weighted by Crippen LogP contribution is 2.33. The van der Waals surface area contributed by atoms with Crippen LogP contribution in [0.25, 0.3) is 0 Å². The number of carbonyl (C=O) groups is 2. The summed E-state index contributed by atoms with van der Waals surface area (Å²) in [5.41, 5.74) is 1.55. The third kappa shape index (κ3) is 2.36. The molecule has 26 heavy (non-hydrogen) atoms. The minimum absolute atomic E-state index is 0.204. The second kappa shape index (κ2) is 5.82. The lowest BCUT2D eigenvalue weighted by atomic mass is 10.1. The van der Waals surface area contributed by atoms with Gasteiger partial charge in [-0.05, 0) is 31.2 Å². The van der Waals surface area contributed by atoms with Crippen LogP contribution in [0.3, 0.4) is 0 Å². The Morgan fingerprint density at radius 2 is 1.96 bits per heavy atom. The van der Waals surface area contributed by atoms with Gasteiger partial charge in [0, 0.05) is 25.8 Å². The van der Waals surface area contributed by atoms with Crippen LogP contribution in [0, 0.1) is 5.82 Å². The van der Waals surface area contributed by atoms with E-state index < -0.39 is 12.2 Å². The topological polar surface area (TPSA) is 59.5 Å². The van der Waals surface area contributed by atoms with Gasteiger partial charge in [-0.1, -0.05) is 12.2 Å². The fraction of sp³-hybridized carbons (Fsp3) is 0.389. The van der Waals surface area contributed by atoms with Crippen molar-refractivity contribution in [2.24, 2.45) is 4.99 Å². The summed E-state index contributed by atoms with van der Waals surface area (Å²) in [5.74, 6) is 0.0976. The van der Waals surface area contributed by atoms with Gasteiger partial charge in [0.25, 0.3) is 5.91 Å². The lowest BCUT2D eigenvalue weighted by Gasteiger charge is -2.40. The van der Waals surface area contributed by atoms with Gasteiger partial charge >= 0.3 is 6.03 Å². The van der Waals surface area contributed by atoms with Gasteiger partial charge in [-0.3, -0.25) is 9.69 Å². The molecule has 3 aliphatic rings. The van der Waals surface area contributed by atoms with E-state index >= 15 is 0 Å². The average molecular weight is 357 g/mol. The zero-order valence-corrected chi connectivity index (χ0v) is 14.7. The fourth-order valence-electron chi connectivity index (χ4n) is 3.72. The smallest absolute Gasteiger partial charge is 0.325 e. The van der Waals surface area contributed by atoms with E-state index in [0.717, 1.165) is 11.3 Å². The summed E-state index contributed by atoms with van der Waals surface area (Å²) in [6.45, 7) is 7.07. The molecule has 136 valence electrons. The van der Waals surface area contributed by atoms with E-state index in [4.69, 9.17) is 0 Å². The van der Waals surface area contributed by atoms with Crippen LogP contribution in [0.1, 0.15) is 6.92 Å². The van der Waals surface area contributed by atoms with Gasteiger partial charge in [0.05, 0.1) is 6.54 Å². The highest BCUT2D eigenvalue weighted by Gasteiger charge is 2.54. The molecule has 1 aromatic rings. The number of hydrogen-bond acceptors (Lipinski definition) is 5. The highest BCUT2D eigenvalue weighted by atomic mass is 19.1. The number of amides is 3. The van der Waals surface area contributed by atoms with Crippen molar-refractivity contribution in [1.82, 2.24) is 14.7 Å². The van der Waals surface area contributed by atoms with E-state index in [-0.39, 0.29) is 24.3 Å². The lowest BCUT2D eigenvalue weighted by molar-refractivity contribution is -0.136. The van der Waals surface area contributed by atoms with Crippen molar-refractivity contribution >= 4 is 23.6 Å². The van der Waals surface area contributed by atoms with Gasteiger partial charge < -0.3 is 14.7 Å². The first-order chi connectivity index (χ1) is 12.4. The van der Waals surface area contributed by atoms with Crippen molar-refractivity contribution in [3.8, 4) is 0 Å². The number of halogens is 1. The van der Waals surface area contributed by atoms with E-state index in [1.54, 1.807) is 26.1 Å². The Hall–Kier alpha value is -2.90. The number of guanidine groups is 1. The van der Waals surface area contributed by atoms with E-state index in [0.29, 0.717) is 19.0 Å². The molecule has 2 saturated heterocycles. The molecule has 2 fully saturated rings. The van der Waals surface area contributed by atoms with Crippen LogP contribution in [0.2, 0.25) is 0 Å². The maximum Gasteiger partial charge on any atom is 0.328 e. The van der Waals surface area contributed by atoms with Crippen LogP contribution < -0.4 is 4.90 Å². The number of hydrogen-bond donors (Lipinski definition) is 0. The van der Waals surface area contributed by atoms with Crippen LogP contribution in [0.15, 0.2) is 41.4 Å². The van der Waals surface area contributed by atoms with E-state index in [1.807, 2.05) is 9.80 Å². The van der Waals surface area contributed by atoms with Gasteiger partial charge in [0.15, 0.2) is 12.2 Å². The number of rotatable bonds is 3. The number of likely N-dealkylation sites (N-methyl/N-ethyl adjacent to an activating group) is 1. The molecule has 0 saturated carbocycles. The van der Waals surface area contributed by atoms with Crippen molar-refractivity contribution in [3.63, 3.8) is 0 Å². The van der Waals surface area contributed by atoms with Crippen LogP contribution >= 0.6 is 0 Å². The molecular weight excluding hydrogens is 337 g/mol. The summed E-state index contributed by atoms with van der Waals surface area (Å²) in [4.78, 5) is 36.8. The third-order valence-electron chi connectivity index (χ3n) is 4.94. The van der Waals surface area contributed by atoms with Crippen molar-refractivity contribution in [2.75, 3.05) is 31.6 Å². The standard InChI is InChI=1S/C18H20FN5O2/c1-11(2)10-24-16(25)14-15(21(3)18(24)26)20-17-22(8-9-23(14)17)13-6-4-12(19)5-7-13/h4-7,14-15H,1,8-10H2,2-3H3. The molecule has 0 aliphatic carbocycles. The average Bonchev–Trinajstić information content (AvgIpc) is 3.16. The van der Waals surface area contributed by atoms with Crippen molar-refractivity contribution in [3.05, 3.63) is 42.2 Å². The number of nitrogens with zero attached hydrogens (tertiary/aromatic N) is 5. The Balaban J connectivity index is 1.66. The summed E-state index contributed by atoms with van der Waals surface area (Å²) in [5, 5.41) is 0. The second-order valence-electron chi connectivity index (χ2n) is 6.88. The normalized spacial score (nSPS) is 24.8. The second-order valence-corrected chi connectivity index (χ2v) is 6.88. The molecule has 2 unspecified atom stereocenters. The molecule has 0 spiro atoms. The fourth-order valence-corrected chi connectivity index (χ4v) is 3.72. The Kier molecular flexibility index (Phi) is 3.71. The number of urea groups is 1. The first kappa shape index (κ1) is 16.6. The summed E-state index contributed by atoms with van der Waals surface area (Å²) >= 11 is 0. The summed E-state index contributed by atoms with van der Waals surface area (Å²) < 4.78 is 13.2.